The van der Waals surface area contributed by atoms with E-state index < -0.39 is 11.5 Å². The van der Waals surface area contributed by atoms with Gasteiger partial charge in [0.25, 0.3) is 5.91 Å². The fraction of sp³-hybridized carbons (Fsp3) is 0.467. The van der Waals surface area contributed by atoms with E-state index in [4.69, 9.17) is 21.4 Å². The van der Waals surface area contributed by atoms with Gasteiger partial charge in [0, 0.05) is 23.8 Å². The predicted octanol–water partition coefficient (Wildman–Crippen LogP) is 2.40. The van der Waals surface area contributed by atoms with Crippen molar-refractivity contribution in [1.29, 1.82) is 0 Å². The first-order valence-corrected chi connectivity index (χ1v) is 7.18. The van der Waals surface area contributed by atoms with E-state index in [1.165, 1.54) is 0 Å². The fourth-order valence-corrected chi connectivity index (χ4v) is 2.81. The van der Waals surface area contributed by atoms with Gasteiger partial charge in [0.05, 0.1) is 12.0 Å². The van der Waals surface area contributed by atoms with E-state index in [1.807, 2.05) is 0 Å². The summed E-state index contributed by atoms with van der Waals surface area (Å²) in [6.07, 6.45) is 0.893. The maximum atomic E-state index is 12.4. The number of carboxylic acid groups (broad SMARTS) is 1. The van der Waals surface area contributed by atoms with Crippen molar-refractivity contribution in [3.63, 3.8) is 0 Å². The van der Waals surface area contributed by atoms with Gasteiger partial charge in [-0.2, -0.15) is 0 Å². The molecule has 1 aromatic rings. The van der Waals surface area contributed by atoms with Crippen LogP contribution in [0.15, 0.2) is 18.2 Å². The number of rotatable bonds is 4. The standard InChI is InChI=1S/C15H18ClNO4/c1-10-8-11(16)2-3-12(10)14(20)17-15(9-13(18)19)4-6-21-7-5-15/h2-3,8H,4-7,9H2,1H3,(H,17,20)(H,18,19). The van der Waals surface area contributed by atoms with Crippen molar-refractivity contribution in [2.45, 2.75) is 31.7 Å². The number of carbonyl (C=O) groups excluding carboxylic acids is 1. The van der Waals surface area contributed by atoms with Crippen molar-refractivity contribution in [3.8, 4) is 0 Å². The van der Waals surface area contributed by atoms with Crippen molar-refractivity contribution in [2.75, 3.05) is 13.2 Å². The number of aryl methyl sites for hydroxylation is 1. The molecule has 1 aliphatic heterocycles. The van der Waals surface area contributed by atoms with Gasteiger partial charge in [-0.05, 0) is 43.5 Å². The lowest BCUT2D eigenvalue weighted by Crippen LogP contribution is -2.53. The van der Waals surface area contributed by atoms with Crippen molar-refractivity contribution >= 4 is 23.5 Å². The molecule has 2 rings (SSSR count). The Morgan fingerprint density at radius 2 is 2.05 bits per heavy atom. The van der Waals surface area contributed by atoms with Crippen LogP contribution in [-0.4, -0.2) is 35.7 Å². The number of amides is 1. The van der Waals surface area contributed by atoms with E-state index in [9.17, 15) is 9.59 Å². The minimum Gasteiger partial charge on any atom is -0.481 e. The van der Waals surface area contributed by atoms with Gasteiger partial charge < -0.3 is 15.2 Å². The molecule has 1 saturated heterocycles. The summed E-state index contributed by atoms with van der Waals surface area (Å²) >= 11 is 5.88. The lowest BCUT2D eigenvalue weighted by Gasteiger charge is -2.37. The van der Waals surface area contributed by atoms with Gasteiger partial charge in [-0.15, -0.1) is 0 Å². The van der Waals surface area contributed by atoms with E-state index in [-0.39, 0.29) is 12.3 Å². The molecule has 1 aromatic carbocycles. The van der Waals surface area contributed by atoms with Gasteiger partial charge in [0.1, 0.15) is 0 Å². The number of aliphatic carboxylic acids is 1. The summed E-state index contributed by atoms with van der Waals surface area (Å²) in [5.41, 5.74) is 0.529. The third kappa shape index (κ3) is 3.95. The number of ether oxygens (including phenoxy) is 1. The first kappa shape index (κ1) is 15.8. The van der Waals surface area contributed by atoms with E-state index in [2.05, 4.69) is 5.32 Å². The highest BCUT2D eigenvalue weighted by Crippen LogP contribution is 2.26. The maximum absolute atomic E-state index is 12.4. The molecule has 1 aliphatic rings. The Kier molecular flexibility index (Phi) is 4.85. The van der Waals surface area contributed by atoms with Gasteiger partial charge in [-0.3, -0.25) is 9.59 Å². The zero-order valence-electron chi connectivity index (χ0n) is 11.8. The second-order valence-corrected chi connectivity index (χ2v) is 5.81. The van der Waals surface area contributed by atoms with E-state index in [1.54, 1.807) is 25.1 Å². The molecule has 1 heterocycles. The third-order valence-corrected chi connectivity index (χ3v) is 3.99. The molecule has 5 nitrogen and oxygen atoms in total. The summed E-state index contributed by atoms with van der Waals surface area (Å²) in [4.78, 5) is 23.5. The fourth-order valence-electron chi connectivity index (χ4n) is 2.59. The van der Waals surface area contributed by atoms with Gasteiger partial charge in [0.2, 0.25) is 0 Å². The Labute approximate surface area is 128 Å². The Morgan fingerprint density at radius 1 is 1.38 bits per heavy atom. The van der Waals surface area contributed by atoms with E-state index >= 15 is 0 Å². The minimum atomic E-state index is -0.926. The molecule has 0 saturated carbocycles. The van der Waals surface area contributed by atoms with Crippen LogP contribution in [0.4, 0.5) is 0 Å². The Morgan fingerprint density at radius 3 is 2.62 bits per heavy atom. The first-order valence-electron chi connectivity index (χ1n) is 6.80. The summed E-state index contributed by atoms with van der Waals surface area (Å²) in [6.45, 7) is 2.70. The lowest BCUT2D eigenvalue weighted by atomic mass is 9.86. The third-order valence-electron chi connectivity index (χ3n) is 3.75. The molecule has 1 fully saturated rings. The monoisotopic (exact) mass is 311 g/mol. The van der Waals surface area contributed by atoms with Crippen LogP contribution in [0.25, 0.3) is 0 Å². The summed E-state index contributed by atoms with van der Waals surface area (Å²) in [6, 6.07) is 5.02. The smallest absolute Gasteiger partial charge is 0.305 e. The van der Waals surface area contributed by atoms with Gasteiger partial charge in [-0.25, -0.2) is 0 Å². The molecular formula is C15H18ClNO4. The average Bonchev–Trinajstić information content (AvgIpc) is 2.38. The normalized spacial score (nSPS) is 17.2. The zero-order chi connectivity index (χ0) is 15.5. The van der Waals surface area contributed by atoms with Crippen LogP contribution in [0.2, 0.25) is 5.02 Å². The molecule has 114 valence electrons. The van der Waals surface area contributed by atoms with Crippen molar-refractivity contribution in [2.24, 2.45) is 0 Å². The lowest BCUT2D eigenvalue weighted by molar-refractivity contribution is -0.139. The average molecular weight is 312 g/mol. The van der Waals surface area contributed by atoms with Gasteiger partial charge in [-0.1, -0.05) is 11.6 Å². The first-order chi connectivity index (χ1) is 9.92. The van der Waals surface area contributed by atoms with Crippen molar-refractivity contribution < 1.29 is 19.4 Å². The molecule has 1 amide bonds. The summed E-state index contributed by atoms with van der Waals surface area (Å²) < 4.78 is 5.27. The highest BCUT2D eigenvalue weighted by atomic mass is 35.5. The minimum absolute atomic E-state index is 0.102. The second kappa shape index (κ2) is 6.45. The number of hydrogen-bond acceptors (Lipinski definition) is 3. The molecule has 21 heavy (non-hydrogen) atoms. The van der Waals surface area contributed by atoms with Crippen LogP contribution < -0.4 is 5.32 Å². The Bertz CT molecular complexity index is 553. The largest absolute Gasteiger partial charge is 0.481 e. The zero-order valence-corrected chi connectivity index (χ0v) is 12.6. The summed E-state index contributed by atoms with van der Waals surface area (Å²) in [5, 5.41) is 12.6. The SMILES string of the molecule is Cc1cc(Cl)ccc1C(=O)NC1(CC(=O)O)CCOCC1. The highest BCUT2D eigenvalue weighted by molar-refractivity contribution is 6.30. The number of carbonyl (C=O) groups is 2. The number of benzene rings is 1. The van der Waals surface area contributed by atoms with Gasteiger partial charge in [0.15, 0.2) is 0 Å². The Hall–Kier alpha value is -1.59. The maximum Gasteiger partial charge on any atom is 0.305 e. The molecule has 0 spiro atoms. The highest BCUT2D eigenvalue weighted by Gasteiger charge is 2.36. The molecule has 0 aromatic heterocycles. The van der Waals surface area contributed by atoms with E-state index in [0.29, 0.717) is 36.6 Å². The van der Waals surface area contributed by atoms with Crippen LogP contribution in [0, 0.1) is 6.92 Å². The van der Waals surface area contributed by atoms with Crippen molar-refractivity contribution in [3.05, 3.63) is 34.3 Å². The topological polar surface area (TPSA) is 75.6 Å². The summed E-state index contributed by atoms with van der Waals surface area (Å²) in [5.74, 6) is -1.20. The van der Waals surface area contributed by atoms with Crippen LogP contribution in [0.1, 0.15) is 35.2 Å². The molecule has 0 unspecified atom stereocenters. The number of halogens is 1. The van der Waals surface area contributed by atoms with Gasteiger partial charge >= 0.3 is 5.97 Å². The molecule has 0 aliphatic carbocycles. The number of nitrogens with one attached hydrogen (secondary N) is 1. The molecule has 0 bridgehead atoms. The second-order valence-electron chi connectivity index (χ2n) is 5.38. The number of carboxylic acids is 1. The molecule has 6 heteroatoms. The predicted molar refractivity (Wildman–Crippen MR) is 78.7 cm³/mol. The number of hydrogen-bond donors (Lipinski definition) is 2. The molecule has 2 N–H and O–H groups in total. The quantitative estimate of drug-likeness (QED) is 0.895. The van der Waals surface area contributed by atoms with Crippen LogP contribution >= 0.6 is 11.6 Å². The van der Waals surface area contributed by atoms with Crippen LogP contribution in [0.3, 0.4) is 0 Å². The summed E-state index contributed by atoms with van der Waals surface area (Å²) in [7, 11) is 0. The molecule has 0 atom stereocenters. The Balaban J connectivity index is 2.19. The van der Waals surface area contributed by atoms with Crippen LogP contribution in [0.5, 0.6) is 0 Å². The molecular weight excluding hydrogens is 294 g/mol. The van der Waals surface area contributed by atoms with Crippen LogP contribution in [-0.2, 0) is 9.53 Å². The molecule has 0 radical (unpaired) electrons. The van der Waals surface area contributed by atoms with Crippen molar-refractivity contribution in [1.82, 2.24) is 5.32 Å². The van der Waals surface area contributed by atoms with E-state index in [0.717, 1.165) is 5.56 Å².